The quantitative estimate of drug-likeness (QED) is 0.590. The highest BCUT2D eigenvalue weighted by Crippen LogP contribution is 2.29. The van der Waals surface area contributed by atoms with Crippen LogP contribution in [0.1, 0.15) is 10.4 Å². The molecule has 3 rings (SSSR count). The molecule has 0 aliphatic heterocycles. The van der Waals surface area contributed by atoms with Gasteiger partial charge in [-0.3, -0.25) is 4.72 Å². The number of ether oxygens (including phenoxy) is 3. The average Bonchev–Trinajstić information content (AvgIpc) is 2.75. The minimum Gasteiger partial charge on any atom is -0.497 e. The van der Waals surface area contributed by atoms with Crippen LogP contribution >= 0.6 is 0 Å². The number of esters is 1. The van der Waals surface area contributed by atoms with Crippen molar-refractivity contribution in [2.75, 3.05) is 18.9 Å². The maximum absolute atomic E-state index is 12.8. The number of benzene rings is 2. The van der Waals surface area contributed by atoms with Crippen molar-refractivity contribution < 1.29 is 27.4 Å². The van der Waals surface area contributed by atoms with Gasteiger partial charge in [-0.1, -0.05) is 6.07 Å². The smallest absolute Gasteiger partial charge is 0.337 e. The summed E-state index contributed by atoms with van der Waals surface area (Å²) >= 11 is 0. The van der Waals surface area contributed by atoms with Gasteiger partial charge in [-0.05, 0) is 54.6 Å². The molecule has 0 aliphatic rings. The van der Waals surface area contributed by atoms with Crippen LogP contribution in [0.15, 0.2) is 71.8 Å². The zero-order valence-corrected chi connectivity index (χ0v) is 16.5. The molecule has 0 radical (unpaired) electrons. The molecule has 29 heavy (non-hydrogen) atoms. The number of carbonyl (C=O) groups excluding carboxylic acids is 1. The number of methoxy groups -OCH3 is 2. The van der Waals surface area contributed by atoms with Crippen molar-refractivity contribution in [3.8, 4) is 17.4 Å². The van der Waals surface area contributed by atoms with Crippen LogP contribution in [0.2, 0.25) is 0 Å². The van der Waals surface area contributed by atoms with E-state index < -0.39 is 16.0 Å². The van der Waals surface area contributed by atoms with Crippen LogP contribution in [0.5, 0.6) is 17.4 Å². The maximum atomic E-state index is 12.8. The number of nitrogens with zero attached hydrogens (tertiary/aromatic N) is 1. The SMILES string of the molecule is COC(=O)c1cccc(S(=O)(=O)Nc2cccnc2Oc2ccc(OC)cc2)c1. The first-order chi connectivity index (χ1) is 13.9. The number of anilines is 1. The molecule has 0 unspecified atom stereocenters. The fourth-order valence-electron chi connectivity index (χ4n) is 2.42. The number of rotatable bonds is 7. The van der Waals surface area contributed by atoms with Crippen molar-refractivity contribution in [1.82, 2.24) is 4.98 Å². The minimum atomic E-state index is -4.00. The zero-order valence-electron chi connectivity index (χ0n) is 15.7. The van der Waals surface area contributed by atoms with E-state index in [-0.39, 0.29) is 22.0 Å². The highest BCUT2D eigenvalue weighted by Gasteiger charge is 2.19. The summed E-state index contributed by atoms with van der Waals surface area (Å²) in [6, 6.07) is 15.4. The van der Waals surface area contributed by atoms with Crippen LogP contribution in [-0.2, 0) is 14.8 Å². The molecular formula is C20H18N2O6S. The van der Waals surface area contributed by atoms with Crippen molar-refractivity contribution in [2.24, 2.45) is 0 Å². The van der Waals surface area contributed by atoms with Gasteiger partial charge in [0.1, 0.15) is 17.2 Å². The molecule has 1 aromatic heterocycles. The van der Waals surface area contributed by atoms with Crippen molar-refractivity contribution >= 4 is 21.7 Å². The van der Waals surface area contributed by atoms with Crippen molar-refractivity contribution in [2.45, 2.75) is 4.90 Å². The van der Waals surface area contributed by atoms with Gasteiger partial charge in [0, 0.05) is 6.20 Å². The van der Waals surface area contributed by atoms with E-state index in [0.29, 0.717) is 11.5 Å². The number of hydrogen-bond acceptors (Lipinski definition) is 7. The summed E-state index contributed by atoms with van der Waals surface area (Å²) in [6.45, 7) is 0. The molecule has 3 aromatic rings. The lowest BCUT2D eigenvalue weighted by atomic mass is 10.2. The molecule has 0 spiro atoms. The van der Waals surface area contributed by atoms with Crippen molar-refractivity contribution in [3.05, 3.63) is 72.4 Å². The van der Waals surface area contributed by atoms with Crippen LogP contribution in [0.25, 0.3) is 0 Å². The van der Waals surface area contributed by atoms with E-state index in [1.54, 1.807) is 37.4 Å². The van der Waals surface area contributed by atoms with Crippen LogP contribution in [0, 0.1) is 0 Å². The van der Waals surface area contributed by atoms with E-state index in [1.807, 2.05) is 0 Å². The molecule has 0 aliphatic carbocycles. The molecule has 0 fully saturated rings. The lowest BCUT2D eigenvalue weighted by molar-refractivity contribution is 0.0600. The Bertz CT molecular complexity index is 1110. The second-order valence-corrected chi connectivity index (χ2v) is 7.44. The molecule has 2 aromatic carbocycles. The largest absolute Gasteiger partial charge is 0.497 e. The van der Waals surface area contributed by atoms with E-state index >= 15 is 0 Å². The molecule has 0 amide bonds. The van der Waals surface area contributed by atoms with Gasteiger partial charge in [-0.25, -0.2) is 18.2 Å². The fourth-order valence-corrected chi connectivity index (χ4v) is 3.52. The van der Waals surface area contributed by atoms with Gasteiger partial charge in [0.15, 0.2) is 0 Å². The molecule has 150 valence electrons. The van der Waals surface area contributed by atoms with Gasteiger partial charge in [-0.15, -0.1) is 0 Å². The predicted octanol–water partition coefficient (Wildman–Crippen LogP) is 3.47. The molecule has 8 nitrogen and oxygen atoms in total. The maximum Gasteiger partial charge on any atom is 0.337 e. The number of aromatic nitrogens is 1. The molecular weight excluding hydrogens is 396 g/mol. The monoisotopic (exact) mass is 414 g/mol. The lowest BCUT2D eigenvalue weighted by Crippen LogP contribution is -2.14. The standard InChI is InChI=1S/C20H18N2O6S/c1-26-15-8-10-16(11-9-15)28-19-18(7-4-12-21-19)22-29(24,25)17-6-3-5-14(13-17)20(23)27-2/h3-13,22H,1-2H3. The Morgan fingerprint density at radius 3 is 2.38 bits per heavy atom. The van der Waals surface area contributed by atoms with E-state index in [4.69, 9.17) is 9.47 Å². The molecule has 0 bridgehead atoms. The van der Waals surface area contributed by atoms with E-state index in [2.05, 4.69) is 14.4 Å². The topological polar surface area (TPSA) is 104 Å². The summed E-state index contributed by atoms with van der Waals surface area (Å²) in [6.07, 6.45) is 1.48. The normalized spacial score (nSPS) is 10.8. The fraction of sp³-hybridized carbons (Fsp3) is 0.100. The number of sulfonamides is 1. The minimum absolute atomic E-state index is 0.0744. The van der Waals surface area contributed by atoms with Crippen LogP contribution in [0.3, 0.4) is 0 Å². The lowest BCUT2D eigenvalue weighted by Gasteiger charge is -2.13. The summed E-state index contributed by atoms with van der Waals surface area (Å²) in [5.41, 5.74) is 0.267. The third-order valence-electron chi connectivity index (χ3n) is 3.85. The summed E-state index contributed by atoms with van der Waals surface area (Å²) in [4.78, 5) is 15.7. The number of nitrogens with one attached hydrogen (secondary N) is 1. The number of pyridine rings is 1. The van der Waals surface area contributed by atoms with Gasteiger partial charge in [0.2, 0.25) is 5.88 Å². The van der Waals surface area contributed by atoms with Gasteiger partial charge in [0.25, 0.3) is 10.0 Å². The van der Waals surface area contributed by atoms with Crippen LogP contribution in [-0.4, -0.2) is 33.6 Å². The van der Waals surface area contributed by atoms with E-state index in [1.165, 1.54) is 43.6 Å². The summed E-state index contributed by atoms with van der Waals surface area (Å²) < 4.78 is 43.4. The second kappa shape index (κ2) is 8.61. The Kier molecular flexibility index (Phi) is 5.99. The van der Waals surface area contributed by atoms with Gasteiger partial charge < -0.3 is 14.2 Å². The average molecular weight is 414 g/mol. The van der Waals surface area contributed by atoms with Gasteiger partial charge in [0.05, 0.1) is 24.7 Å². The third-order valence-corrected chi connectivity index (χ3v) is 5.22. The Hall–Kier alpha value is -3.59. The Morgan fingerprint density at radius 2 is 1.69 bits per heavy atom. The second-order valence-electron chi connectivity index (χ2n) is 5.76. The number of hydrogen-bond donors (Lipinski definition) is 1. The third kappa shape index (κ3) is 4.82. The van der Waals surface area contributed by atoms with E-state index in [0.717, 1.165) is 0 Å². The molecule has 0 atom stereocenters. The highest BCUT2D eigenvalue weighted by molar-refractivity contribution is 7.92. The first-order valence-electron chi connectivity index (χ1n) is 8.41. The molecule has 0 saturated carbocycles. The van der Waals surface area contributed by atoms with E-state index in [9.17, 15) is 13.2 Å². The first-order valence-corrected chi connectivity index (χ1v) is 9.89. The van der Waals surface area contributed by atoms with Crippen LogP contribution < -0.4 is 14.2 Å². The Morgan fingerprint density at radius 1 is 0.966 bits per heavy atom. The summed E-state index contributed by atoms with van der Waals surface area (Å²) in [5.74, 6) is 0.555. The predicted molar refractivity (Wildman–Crippen MR) is 106 cm³/mol. The highest BCUT2D eigenvalue weighted by atomic mass is 32.2. The van der Waals surface area contributed by atoms with Crippen molar-refractivity contribution in [3.63, 3.8) is 0 Å². The van der Waals surface area contributed by atoms with Gasteiger partial charge >= 0.3 is 5.97 Å². The summed E-state index contributed by atoms with van der Waals surface area (Å²) in [7, 11) is -1.23. The first kappa shape index (κ1) is 20.2. The van der Waals surface area contributed by atoms with Gasteiger partial charge in [-0.2, -0.15) is 0 Å². The summed E-state index contributed by atoms with van der Waals surface area (Å²) in [5, 5.41) is 0. The zero-order chi connectivity index (χ0) is 20.9. The molecule has 9 heteroatoms. The van der Waals surface area contributed by atoms with Crippen molar-refractivity contribution in [1.29, 1.82) is 0 Å². The number of carbonyl (C=O) groups is 1. The molecule has 1 heterocycles. The Balaban J connectivity index is 1.87. The molecule has 1 N–H and O–H groups in total. The van der Waals surface area contributed by atoms with Crippen LogP contribution in [0.4, 0.5) is 5.69 Å². The Labute approximate surface area is 168 Å². The molecule has 0 saturated heterocycles.